The van der Waals surface area contributed by atoms with Crippen LogP contribution in [0.4, 0.5) is 18.0 Å². The molecule has 1 aliphatic heterocycles. The molecule has 5 nitrogen and oxygen atoms in total. The van der Waals surface area contributed by atoms with Crippen molar-refractivity contribution in [3.05, 3.63) is 81.7 Å². The number of benzene rings is 2. The van der Waals surface area contributed by atoms with Crippen LogP contribution in [0.15, 0.2) is 47.5 Å². The molecule has 2 aromatic carbocycles. The average Bonchev–Trinajstić information content (AvgIpc) is 2.75. The first kappa shape index (κ1) is 24.3. The SMILES string of the molecule is Cc1cc(/C=C2\CN(C(=O)OCCN(C)C)C/C(=C\c3ccc(F)c(F)c3)C2=O)ccc1F. The standard InChI is InChI=1S/C25H25F3N2O3/c1-16-10-17(4-6-21(16)26)11-19-14-30(25(32)33-9-8-29(2)3)15-20(24(19)31)12-18-5-7-22(27)23(28)13-18/h4-7,10-13H,8-9,14-15H2,1-3H3/b19-11+,20-12+. The van der Waals surface area contributed by atoms with Gasteiger partial charge in [0.1, 0.15) is 12.4 Å². The van der Waals surface area contributed by atoms with Gasteiger partial charge in [-0.15, -0.1) is 0 Å². The van der Waals surface area contributed by atoms with Crippen molar-refractivity contribution in [1.29, 1.82) is 0 Å². The van der Waals surface area contributed by atoms with Crippen molar-refractivity contribution in [3.63, 3.8) is 0 Å². The Morgan fingerprint density at radius 2 is 1.55 bits per heavy atom. The van der Waals surface area contributed by atoms with Gasteiger partial charge in [0, 0.05) is 17.7 Å². The quantitative estimate of drug-likeness (QED) is 0.621. The highest BCUT2D eigenvalue weighted by Gasteiger charge is 2.30. The third kappa shape index (κ3) is 6.32. The number of hydrogen-bond acceptors (Lipinski definition) is 4. The average molecular weight is 458 g/mol. The molecule has 33 heavy (non-hydrogen) atoms. The van der Waals surface area contributed by atoms with Crippen LogP contribution >= 0.6 is 0 Å². The molecular formula is C25H25F3N2O3. The highest BCUT2D eigenvalue weighted by Crippen LogP contribution is 2.24. The van der Waals surface area contributed by atoms with Crippen molar-refractivity contribution >= 4 is 24.0 Å². The van der Waals surface area contributed by atoms with Gasteiger partial charge in [-0.25, -0.2) is 18.0 Å². The van der Waals surface area contributed by atoms with E-state index in [9.17, 15) is 22.8 Å². The molecule has 1 saturated heterocycles. The predicted octanol–water partition coefficient (Wildman–Crippen LogP) is 4.46. The molecule has 0 N–H and O–H groups in total. The lowest BCUT2D eigenvalue weighted by Gasteiger charge is -2.29. The summed E-state index contributed by atoms with van der Waals surface area (Å²) in [4.78, 5) is 29.0. The van der Waals surface area contributed by atoms with E-state index in [0.29, 0.717) is 23.2 Å². The molecule has 1 fully saturated rings. The molecule has 0 atom stereocenters. The number of carbonyl (C=O) groups excluding carboxylic acids is 2. The molecule has 0 radical (unpaired) electrons. The van der Waals surface area contributed by atoms with Crippen LogP contribution in [0, 0.1) is 24.4 Å². The van der Waals surface area contributed by atoms with Gasteiger partial charge in [0.15, 0.2) is 17.4 Å². The molecule has 0 aromatic heterocycles. The van der Waals surface area contributed by atoms with Crippen LogP contribution in [0.5, 0.6) is 0 Å². The molecule has 8 heteroatoms. The number of piperidine rings is 1. The Morgan fingerprint density at radius 3 is 2.09 bits per heavy atom. The van der Waals surface area contributed by atoms with E-state index in [1.807, 2.05) is 19.0 Å². The van der Waals surface area contributed by atoms with Crippen LogP contribution in [0.3, 0.4) is 0 Å². The maximum absolute atomic E-state index is 13.7. The van der Waals surface area contributed by atoms with Crippen LogP contribution in [-0.2, 0) is 9.53 Å². The molecule has 174 valence electrons. The fraction of sp³-hybridized carbons (Fsp3) is 0.280. The Kier molecular flexibility index (Phi) is 7.71. The number of rotatable bonds is 5. The number of ketones is 1. The second-order valence-electron chi connectivity index (χ2n) is 8.12. The highest BCUT2D eigenvalue weighted by atomic mass is 19.2. The number of likely N-dealkylation sites (tertiary alicyclic amines) is 1. The van der Waals surface area contributed by atoms with Crippen LogP contribution < -0.4 is 0 Å². The van der Waals surface area contributed by atoms with Gasteiger partial charge in [0.25, 0.3) is 0 Å². The number of Topliss-reactive ketones (excluding diaryl/α,β-unsaturated/α-hetero) is 1. The summed E-state index contributed by atoms with van der Waals surface area (Å²) in [5.41, 5.74) is 1.84. The summed E-state index contributed by atoms with van der Waals surface area (Å²) in [7, 11) is 3.70. The lowest BCUT2D eigenvalue weighted by Crippen LogP contribution is -2.42. The van der Waals surface area contributed by atoms with Crippen molar-refractivity contribution in [3.8, 4) is 0 Å². The molecule has 0 spiro atoms. The number of halogens is 3. The maximum atomic E-state index is 13.7. The summed E-state index contributed by atoms with van der Waals surface area (Å²) in [6.45, 7) is 2.29. The maximum Gasteiger partial charge on any atom is 0.410 e. The lowest BCUT2D eigenvalue weighted by atomic mass is 9.94. The lowest BCUT2D eigenvalue weighted by molar-refractivity contribution is -0.113. The Hall–Kier alpha value is -3.39. The monoisotopic (exact) mass is 458 g/mol. The smallest absolute Gasteiger partial charge is 0.410 e. The van der Waals surface area contributed by atoms with E-state index in [1.54, 1.807) is 19.1 Å². The van der Waals surface area contributed by atoms with Gasteiger partial charge in [-0.1, -0.05) is 12.1 Å². The van der Waals surface area contributed by atoms with E-state index >= 15 is 0 Å². The molecular weight excluding hydrogens is 433 g/mol. The third-order valence-corrected chi connectivity index (χ3v) is 5.14. The minimum absolute atomic E-state index is 0.00513. The Labute approximate surface area is 190 Å². The molecule has 0 bridgehead atoms. The first-order chi connectivity index (χ1) is 15.6. The summed E-state index contributed by atoms with van der Waals surface area (Å²) in [5, 5.41) is 0. The van der Waals surface area contributed by atoms with Crippen LogP contribution in [0.2, 0.25) is 0 Å². The number of carbonyl (C=O) groups is 2. The molecule has 1 amide bonds. The van der Waals surface area contributed by atoms with E-state index in [-0.39, 0.29) is 42.4 Å². The highest BCUT2D eigenvalue weighted by molar-refractivity contribution is 6.15. The van der Waals surface area contributed by atoms with Gasteiger partial charge in [-0.3, -0.25) is 9.69 Å². The fourth-order valence-electron chi connectivity index (χ4n) is 3.34. The van der Waals surface area contributed by atoms with E-state index in [2.05, 4.69) is 0 Å². The normalized spacial score (nSPS) is 16.7. The Balaban J connectivity index is 1.94. The number of aryl methyl sites for hydroxylation is 1. The Bertz CT molecular complexity index is 1050. The van der Waals surface area contributed by atoms with Crippen molar-refractivity contribution in [1.82, 2.24) is 9.80 Å². The number of amides is 1. The van der Waals surface area contributed by atoms with Gasteiger partial charge in [0.05, 0.1) is 13.1 Å². The third-order valence-electron chi connectivity index (χ3n) is 5.14. The fourth-order valence-corrected chi connectivity index (χ4v) is 3.34. The molecule has 1 heterocycles. The van der Waals surface area contributed by atoms with Crippen molar-refractivity contribution in [2.45, 2.75) is 6.92 Å². The minimum atomic E-state index is -1.04. The number of ether oxygens (including phenoxy) is 1. The van der Waals surface area contributed by atoms with Crippen molar-refractivity contribution in [2.24, 2.45) is 0 Å². The van der Waals surface area contributed by atoms with Gasteiger partial charge in [-0.2, -0.15) is 0 Å². The number of nitrogens with zero attached hydrogens (tertiary/aromatic N) is 2. The first-order valence-corrected chi connectivity index (χ1v) is 10.4. The Morgan fingerprint density at radius 1 is 0.970 bits per heavy atom. The van der Waals surface area contributed by atoms with Gasteiger partial charge in [-0.05, 0) is 74.1 Å². The zero-order chi connectivity index (χ0) is 24.1. The predicted molar refractivity (Wildman–Crippen MR) is 120 cm³/mol. The first-order valence-electron chi connectivity index (χ1n) is 10.4. The van der Waals surface area contributed by atoms with E-state index < -0.39 is 17.7 Å². The van der Waals surface area contributed by atoms with Gasteiger partial charge < -0.3 is 9.64 Å². The van der Waals surface area contributed by atoms with Gasteiger partial charge in [0.2, 0.25) is 0 Å². The van der Waals surface area contributed by atoms with Crippen molar-refractivity contribution in [2.75, 3.05) is 40.3 Å². The summed E-state index contributed by atoms with van der Waals surface area (Å²) in [6.07, 6.45) is 2.42. The summed E-state index contributed by atoms with van der Waals surface area (Å²) < 4.78 is 45.9. The second-order valence-corrected chi connectivity index (χ2v) is 8.12. The number of likely N-dealkylation sites (N-methyl/N-ethyl adjacent to an activating group) is 1. The molecule has 1 aliphatic rings. The molecule has 0 unspecified atom stereocenters. The topological polar surface area (TPSA) is 49.9 Å². The summed E-state index contributed by atoms with van der Waals surface area (Å²) in [6, 6.07) is 7.75. The molecule has 2 aromatic rings. The van der Waals surface area contributed by atoms with Crippen molar-refractivity contribution < 1.29 is 27.5 Å². The summed E-state index contributed by atoms with van der Waals surface area (Å²) >= 11 is 0. The zero-order valence-electron chi connectivity index (χ0n) is 18.7. The van der Waals surface area contributed by atoms with Crippen LogP contribution in [0.25, 0.3) is 12.2 Å². The zero-order valence-corrected chi connectivity index (χ0v) is 18.7. The van der Waals surface area contributed by atoms with Gasteiger partial charge >= 0.3 is 6.09 Å². The second kappa shape index (κ2) is 10.5. The van der Waals surface area contributed by atoms with E-state index in [0.717, 1.165) is 12.1 Å². The molecule has 3 rings (SSSR count). The largest absolute Gasteiger partial charge is 0.448 e. The molecule has 0 aliphatic carbocycles. The van der Waals surface area contributed by atoms with Crippen LogP contribution in [-0.4, -0.2) is 62.0 Å². The van der Waals surface area contributed by atoms with E-state index in [4.69, 9.17) is 4.74 Å². The minimum Gasteiger partial charge on any atom is -0.448 e. The molecule has 0 saturated carbocycles. The summed E-state index contributed by atoms with van der Waals surface area (Å²) in [5.74, 6) is -2.73. The van der Waals surface area contributed by atoms with Crippen LogP contribution in [0.1, 0.15) is 16.7 Å². The number of hydrogen-bond donors (Lipinski definition) is 0. The van der Waals surface area contributed by atoms with E-state index in [1.165, 1.54) is 29.2 Å².